The Kier molecular flexibility index (Phi) is 3.74. The number of nitrogens with one attached hydrogen (secondary N) is 1. The number of nitrogens with zero attached hydrogens (tertiary/aromatic N) is 2. The molecule has 112 valence electrons. The zero-order chi connectivity index (χ0) is 15.5. The molecule has 4 aromatic rings. The molecule has 0 radical (unpaired) electrons. The highest BCUT2D eigenvalue weighted by Crippen LogP contribution is 2.26. The smallest absolute Gasteiger partial charge is 0.184 e. The molecule has 0 aliphatic rings. The number of hydrogen-bond acceptors (Lipinski definition) is 4. The van der Waals surface area contributed by atoms with Crippen molar-refractivity contribution in [3.63, 3.8) is 0 Å². The van der Waals surface area contributed by atoms with Gasteiger partial charge in [-0.3, -0.25) is 4.98 Å². The second-order valence-electron chi connectivity index (χ2n) is 5.28. The molecule has 4 rings (SSSR count). The zero-order valence-electron chi connectivity index (χ0n) is 12.4. The number of anilines is 1. The number of thiazole rings is 1. The summed E-state index contributed by atoms with van der Waals surface area (Å²) in [6.45, 7) is 0.771. The van der Waals surface area contributed by atoms with Crippen LogP contribution in [0.4, 0.5) is 5.13 Å². The van der Waals surface area contributed by atoms with Gasteiger partial charge in [-0.15, -0.1) is 0 Å². The summed E-state index contributed by atoms with van der Waals surface area (Å²) in [4.78, 5) is 8.75. The maximum absolute atomic E-state index is 4.59. The van der Waals surface area contributed by atoms with Gasteiger partial charge >= 0.3 is 0 Å². The van der Waals surface area contributed by atoms with E-state index >= 15 is 0 Å². The van der Waals surface area contributed by atoms with E-state index in [-0.39, 0.29) is 0 Å². The Morgan fingerprint density at radius 3 is 2.52 bits per heavy atom. The van der Waals surface area contributed by atoms with E-state index in [9.17, 15) is 0 Å². The van der Waals surface area contributed by atoms with Crippen LogP contribution in [0.15, 0.2) is 73.1 Å². The molecule has 0 unspecified atom stereocenters. The monoisotopic (exact) mass is 317 g/mol. The van der Waals surface area contributed by atoms with E-state index in [0.717, 1.165) is 22.8 Å². The zero-order valence-corrected chi connectivity index (χ0v) is 13.3. The highest BCUT2D eigenvalue weighted by molar-refractivity contribution is 7.22. The molecule has 2 heterocycles. The number of aromatic nitrogens is 2. The summed E-state index contributed by atoms with van der Waals surface area (Å²) in [6.07, 6.45) is 3.67. The lowest BCUT2D eigenvalue weighted by Gasteiger charge is -2.05. The molecule has 4 heteroatoms. The molecule has 3 nitrogen and oxygen atoms in total. The Morgan fingerprint density at radius 2 is 1.74 bits per heavy atom. The van der Waals surface area contributed by atoms with Crippen molar-refractivity contribution in [2.75, 3.05) is 5.32 Å². The first-order valence-corrected chi connectivity index (χ1v) is 8.29. The molecule has 1 N–H and O–H groups in total. The largest absolute Gasteiger partial charge is 0.357 e. The summed E-state index contributed by atoms with van der Waals surface area (Å²) < 4.78 is 1.21. The topological polar surface area (TPSA) is 37.8 Å². The SMILES string of the molecule is c1cncc(-c2ccc(CNc3nc4ccccc4s3)cc2)c1. The first kappa shape index (κ1) is 13.9. The predicted octanol–water partition coefficient (Wildman–Crippen LogP) is 4.97. The number of para-hydroxylation sites is 1. The van der Waals surface area contributed by atoms with Crippen molar-refractivity contribution in [3.05, 3.63) is 78.6 Å². The van der Waals surface area contributed by atoms with Gasteiger partial charge in [0, 0.05) is 18.9 Å². The number of fused-ring (bicyclic) bond motifs is 1. The van der Waals surface area contributed by atoms with Gasteiger partial charge in [0.25, 0.3) is 0 Å². The van der Waals surface area contributed by atoms with Crippen molar-refractivity contribution in [1.82, 2.24) is 9.97 Å². The molecule has 0 aliphatic carbocycles. The quantitative estimate of drug-likeness (QED) is 0.577. The van der Waals surface area contributed by atoms with Crippen molar-refractivity contribution in [2.45, 2.75) is 6.54 Å². The van der Waals surface area contributed by atoms with E-state index in [1.54, 1.807) is 17.5 Å². The van der Waals surface area contributed by atoms with Crippen molar-refractivity contribution in [1.29, 1.82) is 0 Å². The van der Waals surface area contributed by atoms with Gasteiger partial charge in [0.1, 0.15) is 0 Å². The summed E-state index contributed by atoms with van der Waals surface area (Å²) in [5.41, 5.74) is 4.60. The van der Waals surface area contributed by atoms with Gasteiger partial charge in [0.15, 0.2) is 5.13 Å². The molecular formula is C19H15N3S. The minimum atomic E-state index is 0.771. The van der Waals surface area contributed by atoms with Crippen LogP contribution in [0.3, 0.4) is 0 Å². The fourth-order valence-corrected chi connectivity index (χ4v) is 3.34. The molecule has 0 spiro atoms. The molecule has 0 fully saturated rings. The Morgan fingerprint density at radius 1 is 0.870 bits per heavy atom. The summed E-state index contributed by atoms with van der Waals surface area (Å²) in [6, 6.07) is 20.8. The first-order valence-electron chi connectivity index (χ1n) is 7.47. The third-order valence-electron chi connectivity index (χ3n) is 3.69. The normalized spacial score (nSPS) is 10.8. The van der Waals surface area contributed by atoms with E-state index in [1.165, 1.54) is 15.8 Å². The molecule has 0 saturated carbocycles. The maximum Gasteiger partial charge on any atom is 0.184 e. The number of benzene rings is 2. The second kappa shape index (κ2) is 6.18. The highest BCUT2D eigenvalue weighted by Gasteiger charge is 2.03. The summed E-state index contributed by atoms with van der Waals surface area (Å²) >= 11 is 1.69. The van der Waals surface area contributed by atoms with E-state index in [2.05, 4.69) is 51.7 Å². The molecule has 0 saturated heterocycles. The molecule has 0 aliphatic heterocycles. The van der Waals surface area contributed by atoms with Gasteiger partial charge in [-0.25, -0.2) is 4.98 Å². The molecule has 23 heavy (non-hydrogen) atoms. The average Bonchev–Trinajstić information content (AvgIpc) is 3.04. The van der Waals surface area contributed by atoms with Crippen molar-refractivity contribution < 1.29 is 0 Å². The van der Waals surface area contributed by atoms with Crippen LogP contribution < -0.4 is 5.32 Å². The standard InChI is InChI=1S/C19H15N3S/c1-2-6-18-17(5-1)22-19(23-18)21-12-14-7-9-15(10-8-14)16-4-3-11-20-13-16/h1-11,13H,12H2,(H,21,22). The van der Waals surface area contributed by atoms with Crippen molar-refractivity contribution >= 4 is 26.7 Å². The minimum Gasteiger partial charge on any atom is -0.357 e. The fraction of sp³-hybridized carbons (Fsp3) is 0.0526. The molecule has 0 amide bonds. The van der Waals surface area contributed by atoms with Crippen LogP contribution >= 0.6 is 11.3 Å². The van der Waals surface area contributed by atoms with Crippen LogP contribution in [0.25, 0.3) is 21.3 Å². The van der Waals surface area contributed by atoms with Gasteiger partial charge in [0.2, 0.25) is 0 Å². The number of hydrogen-bond donors (Lipinski definition) is 1. The maximum atomic E-state index is 4.59. The van der Waals surface area contributed by atoms with Gasteiger partial charge in [0.05, 0.1) is 10.2 Å². The number of pyridine rings is 1. The van der Waals surface area contributed by atoms with Gasteiger partial charge in [-0.05, 0) is 34.9 Å². The van der Waals surface area contributed by atoms with Gasteiger partial charge < -0.3 is 5.32 Å². The van der Waals surface area contributed by atoms with Crippen LogP contribution in [-0.4, -0.2) is 9.97 Å². The molecule has 2 aromatic heterocycles. The van der Waals surface area contributed by atoms with E-state index in [4.69, 9.17) is 0 Å². The summed E-state index contributed by atoms with van der Waals surface area (Å²) in [5.74, 6) is 0. The van der Waals surface area contributed by atoms with Crippen LogP contribution in [0, 0.1) is 0 Å². The van der Waals surface area contributed by atoms with Crippen molar-refractivity contribution in [3.8, 4) is 11.1 Å². The van der Waals surface area contributed by atoms with Gasteiger partial charge in [-0.2, -0.15) is 0 Å². The third kappa shape index (κ3) is 3.07. The minimum absolute atomic E-state index is 0.771. The van der Waals surface area contributed by atoms with E-state index < -0.39 is 0 Å². The van der Waals surface area contributed by atoms with E-state index in [0.29, 0.717) is 0 Å². The Labute approximate surface area is 138 Å². The summed E-state index contributed by atoms with van der Waals surface area (Å²) in [7, 11) is 0. The lowest BCUT2D eigenvalue weighted by molar-refractivity contribution is 1.14. The first-order chi connectivity index (χ1) is 11.4. The molecule has 2 aromatic carbocycles. The van der Waals surface area contributed by atoms with Crippen LogP contribution in [0.5, 0.6) is 0 Å². The lowest BCUT2D eigenvalue weighted by Crippen LogP contribution is -1.98. The van der Waals surface area contributed by atoms with Gasteiger partial charge in [-0.1, -0.05) is 53.8 Å². The highest BCUT2D eigenvalue weighted by atomic mass is 32.1. The fourth-order valence-electron chi connectivity index (χ4n) is 2.47. The van der Waals surface area contributed by atoms with Crippen LogP contribution in [0.2, 0.25) is 0 Å². The Hall–Kier alpha value is -2.72. The number of rotatable bonds is 4. The van der Waals surface area contributed by atoms with Crippen LogP contribution in [0.1, 0.15) is 5.56 Å². The second-order valence-corrected chi connectivity index (χ2v) is 6.31. The molecule has 0 atom stereocenters. The molecular weight excluding hydrogens is 302 g/mol. The average molecular weight is 317 g/mol. The molecule has 0 bridgehead atoms. The lowest BCUT2D eigenvalue weighted by atomic mass is 10.1. The van der Waals surface area contributed by atoms with Crippen molar-refractivity contribution in [2.24, 2.45) is 0 Å². The Balaban J connectivity index is 1.47. The van der Waals surface area contributed by atoms with E-state index in [1.807, 2.05) is 30.5 Å². The Bertz CT molecular complexity index is 881. The van der Waals surface area contributed by atoms with Crippen LogP contribution in [-0.2, 0) is 6.54 Å². The predicted molar refractivity (Wildman–Crippen MR) is 96.6 cm³/mol. The summed E-state index contributed by atoms with van der Waals surface area (Å²) in [5, 5.41) is 4.37. The third-order valence-corrected chi connectivity index (χ3v) is 4.68.